The fraction of sp³-hybridized carbons (Fsp3) is 0.471. The van der Waals surface area contributed by atoms with Crippen molar-refractivity contribution in [3.8, 4) is 0 Å². The number of benzene rings is 1. The SMILES string of the molecule is CCN(CC(=O)Nc1ccccc1C(F)(F)F)C(=O)CCCCC(=O)O. The molecular weight excluding hydrogens is 353 g/mol. The first-order chi connectivity index (χ1) is 12.1. The third-order valence-electron chi connectivity index (χ3n) is 3.61. The van der Waals surface area contributed by atoms with Crippen molar-refractivity contribution in [2.45, 2.75) is 38.8 Å². The lowest BCUT2D eigenvalue weighted by molar-refractivity contribution is -0.138. The van der Waals surface area contributed by atoms with Crippen LogP contribution in [0.4, 0.5) is 18.9 Å². The number of alkyl halides is 3. The zero-order valence-corrected chi connectivity index (χ0v) is 14.3. The number of unbranched alkanes of at least 4 members (excludes halogenated alkanes) is 1. The quantitative estimate of drug-likeness (QED) is 0.650. The minimum absolute atomic E-state index is 0.0475. The number of carbonyl (C=O) groups excluding carboxylic acids is 2. The van der Waals surface area contributed by atoms with E-state index in [9.17, 15) is 27.6 Å². The molecule has 0 radical (unpaired) electrons. The van der Waals surface area contributed by atoms with Crippen LogP contribution in [0, 0.1) is 0 Å². The van der Waals surface area contributed by atoms with Gasteiger partial charge in [-0.05, 0) is 31.9 Å². The fourth-order valence-electron chi connectivity index (χ4n) is 2.29. The average Bonchev–Trinajstić information content (AvgIpc) is 2.55. The summed E-state index contributed by atoms with van der Waals surface area (Å²) < 4.78 is 38.8. The van der Waals surface area contributed by atoms with Crippen LogP contribution in [-0.4, -0.2) is 40.9 Å². The maximum atomic E-state index is 12.9. The molecular formula is C17H21F3N2O4. The second-order valence-corrected chi connectivity index (χ2v) is 5.60. The average molecular weight is 374 g/mol. The number of nitrogens with zero attached hydrogens (tertiary/aromatic N) is 1. The van der Waals surface area contributed by atoms with Crippen molar-refractivity contribution < 1.29 is 32.7 Å². The zero-order chi connectivity index (χ0) is 19.7. The molecule has 0 spiro atoms. The molecule has 0 aliphatic heterocycles. The van der Waals surface area contributed by atoms with Gasteiger partial charge in [0.2, 0.25) is 11.8 Å². The number of para-hydroxylation sites is 1. The van der Waals surface area contributed by atoms with Crippen LogP contribution in [0.25, 0.3) is 0 Å². The van der Waals surface area contributed by atoms with E-state index in [1.54, 1.807) is 6.92 Å². The predicted molar refractivity (Wildman–Crippen MR) is 88.4 cm³/mol. The highest BCUT2D eigenvalue weighted by Crippen LogP contribution is 2.34. The third-order valence-corrected chi connectivity index (χ3v) is 3.61. The molecule has 0 bridgehead atoms. The van der Waals surface area contributed by atoms with Gasteiger partial charge in [-0.2, -0.15) is 13.2 Å². The Morgan fingerprint density at radius 1 is 1.12 bits per heavy atom. The molecule has 0 unspecified atom stereocenters. The molecule has 1 aromatic rings. The number of rotatable bonds is 9. The summed E-state index contributed by atoms with van der Waals surface area (Å²) in [6, 6.07) is 4.60. The van der Waals surface area contributed by atoms with Gasteiger partial charge in [-0.15, -0.1) is 0 Å². The Morgan fingerprint density at radius 3 is 2.31 bits per heavy atom. The number of hydrogen-bond acceptors (Lipinski definition) is 3. The number of anilines is 1. The number of aliphatic carboxylic acids is 1. The minimum atomic E-state index is -4.60. The number of carboxylic acids is 1. The van der Waals surface area contributed by atoms with Crippen molar-refractivity contribution in [3.05, 3.63) is 29.8 Å². The van der Waals surface area contributed by atoms with Gasteiger partial charge in [0.25, 0.3) is 0 Å². The van der Waals surface area contributed by atoms with Crippen LogP contribution in [0.5, 0.6) is 0 Å². The highest BCUT2D eigenvalue weighted by Gasteiger charge is 2.33. The first kappa shape index (κ1) is 21.5. The van der Waals surface area contributed by atoms with Crippen LogP contribution in [0.2, 0.25) is 0 Å². The maximum absolute atomic E-state index is 12.9. The second kappa shape index (κ2) is 9.79. The minimum Gasteiger partial charge on any atom is -0.481 e. The van der Waals surface area contributed by atoms with Crippen LogP contribution in [-0.2, 0) is 20.6 Å². The first-order valence-electron chi connectivity index (χ1n) is 8.10. The van der Waals surface area contributed by atoms with Crippen molar-refractivity contribution in [1.29, 1.82) is 0 Å². The maximum Gasteiger partial charge on any atom is 0.418 e. The Bertz CT molecular complexity index is 647. The highest BCUT2D eigenvalue weighted by atomic mass is 19.4. The van der Waals surface area contributed by atoms with Gasteiger partial charge in [0.15, 0.2) is 0 Å². The molecule has 2 amide bonds. The van der Waals surface area contributed by atoms with Crippen molar-refractivity contribution in [3.63, 3.8) is 0 Å². The molecule has 144 valence electrons. The van der Waals surface area contributed by atoms with Crippen molar-refractivity contribution >= 4 is 23.5 Å². The van der Waals surface area contributed by atoms with E-state index in [2.05, 4.69) is 5.32 Å². The smallest absolute Gasteiger partial charge is 0.418 e. The van der Waals surface area contributed by atoms with Gasteiger partial charge in [0.1, 0.15) is 0 Å². The van der Waals surface area contributed by atoms with Crippen LogP contribution in [0.3, 0.4) is 0 Å². The standard InChI is InChI=1S/C17H21F3N2O4/c1-2-22(15(24)9-5-6-10-16(25)26)11-14(23)21-13-8-4-3-7-12(13)17(18,19)20/h3-4,7-8H,2,5-6,9-11H2,1H3,(H,21,23)(H,25,26). The Labute approximate surface area is 149 Å². The lowest BCUT2D eigenvalue weighted by Crippen LogP contribution is -2.38. The van der Waals surface area contributed by atoms with Crippen LogP contribution < -0.4 is 5.32 Å². The van der Waals surface area contributed by atoms with E-state index in [0.29, 0.717) is 12.8 Å². The van der Waals surface area contributed by atoms with Gasteiger partial charge in [0, 0.05) is 19.4 Å². The number of likely N-dealkylation sites (N-methyl/N-ethyl adjacent to an activating group) is 1. The van der Waals surface area contributed by atoms with E-state index in [0.717, 1.165) is 12.1 Å². The molecule has 1 rings (SSSR count). The summed E-state index contributed by atoms with van der Waals surface area (Å²) in [5.41, 5.74) is -1.33. The number of carbonyl (C=O) groups is 3. The van der Waals surface area contributed by atoms with Crippen LogP contribution >= 0.6 is 0 Å². The van der Waals surface area contributed by atoms with E-state index >= 15 is 0 Å². The molecule has 0 aliphatic rings. The summed E-state index contributed by atoms with van der Waals surface area (Å²) in [6.45, 7) is 1.48. The molecule has 1 aromatic carbocycles. The van der Waals surface area contributed by atoms with Gasteiger partial charge >= 0.3 is 12.1 Å². The van der Waals surface area contributed by atoms with E-state index in [4.69, 9.17) is 5.11 Å². The molecule has 0 saturated heterocycles. The number of amides is 2. The van der Waals surface area contributed by atoms with Crippen LogP contribution in [0.1, 0.15) is 38.2 Å². The number of halogens is 3. The lowest BCUT2D eigenvalue weighted by Gasteiger charge is -2.21. The van der Waals surface area contributed by atoms with Crippen LogP contribution in [0.15, 0.2) is 24.3 Å². The van der Waals surface area contributed by atoms with Crippen molar-refractivity contribution in [2.75, 3.05) is 18.4 Å². The van der Waals surface area contributed by atoms with Gasteiger partial charge in [-0.25, -0.2) is 0 Å². The monoisotopic (exact) mass is 374 g/mol. The van der Waals surface area contributed by atoms with Gasteiger partial charge < -0.3 is 15.3 Å². The van der Waals surface area contributed by atoms with E-state index in [1.807, 2.05) is 0 Å². The zero-order valence-electron chi connectivity index (χ0n) is 14.3. The van der Waals surface area contributed by atoms with Crippen molar-refractivity contribution in [2.24, 2.45) is 0 Å². The van der Waals surface area contributed by atoms with E-state index in [-0.39, 0.29) is 37.5 Å². The van der Waals surface area contributed by atoms with Crippen molar-refractivity contribution in [1.82, 2.24) is 4.90 Å². The molecule has 26 heavy (non-hydrogen) atoms. The Balaban J connectivity index is 2.62. The van der Waals surface area contributed by atoms with E-state index in [1.165, 1.54) is 17.0 Å². The second-order valence-electron chi connectivity index (χ2n) is 5.60. The molecule has 0 aromatic heterocycles. The van der Waals surface area contributed by atoms with Gasteiger partial charge in [0.05, 0.1) is 17.8 Å². The summed E-state index contributed by atoms with van der Waals surface area (Å²) in [5, 5.41) is 10.7. The first-order valence-corrected chi connectivity index (χ1v) is 8.10. The highest BCUT2D eigenvalue weighted by molar-refractivity contribution is 5.95. The topological polar surface area (TPSA) is 86.7 Å². The number of carboxylic acid groups (broad SMARTS) is 1. The molecule has 0 heterocycles. The summed E-state index contributed by atoms with van der Waals surface area (Å²) in [5.74, 6) is -2.04. The molecule has 0 atom stereocenters. The fourth-order valence-corrected chi connectivity index (χ4v) is 2.29. The molecule has 6 nitrogen and oxygen atoms in total. The summed E-state index contributed by atoms with van der Waals surface area (Å²) in [4.78, 5) is 35.7. The number of nitrogens with one attached hydrogen (secondary N) is 1. The number of hydrogen-bond donors (Lipinski definition) is 2. The Kier molecular flexibility index (Phi) is 8.08. The van der Waals surface area contributed by atoms with E-state index < -0.39 is 23.6 Å². The molecule has 9 heteroatoms. The summed E-state index contributed by atoms with van der Waals surface area (Å²) in [6.07, 6.45) is -3.88. The van der Waals surface area contributed by atoms with Gasteiger partial charge in [-0.3, -0.25) is 14.4 Å². The summed E-state index contributed by atoms with van der Waals surface area (Å²) >= 11 is 0. The normalized spacial score (nSPS) is 11.1. The Hall–Kier alpha value is -2.58. The molecule has 0 saturated carbocycles. The largest absolute Gasteiger partial charge is 0.481 e. The predicted octanol–water partition coefficient (Wildman–Crippen LogP) is 3.14. The molecule has 0 fully saturated rings. The Morgan fingerprint density at radius 2 is 1.73 bits per heavy atom. The lowest BCUT2D eigenvalue weighted by atomic mass is 10.1. The summed E-state index contributed by atoms with van der Waals surface area (Å²) in [7, 11) is 0. The third kappa shape index (κ3) is 7.12. The molecule has 0 aliphatic carbocycles. The molecule has 2 N–H and O–H groups in total. The van der Waals surface area contributed by atoms with Gasteiger partial charge in [-0.1, -0.05) is 12.1 Å².